The maximum absolute atomic E-state index is 12.2. The molecule has 0 saturated carbocycles. The number of carbonyl (C=O) groups excluding carboxylic acids is 2. The minimum atomic E-state index is -0.474. The molecule has 1 fully saturated rings. The molecule has 1 aliphatic heterocycles. The first-order chi connectivity index (χ1) is 9.72. The molecular formula is C16H19NO3. The molecule has 20 heavy (non-hydrogen) atoms. The lowest BCUT2D eigenvalue weighted by molar-refractivity contribution is -0.156. The standard InChI is InChI=1S/C16H19NO3/c1-2-15(18)17-11-7-6-10-14(17)16(19)20-12-13-8-4-3-5-9-13/h2-5,8-9,14H,1,6-7,10-12H2. The van der Waals surface area contributed by atoms with E-state index in [1.807, 2.05) is 30.3 Å². The predicted octanol–water partition coefficient (Wildman–Crippen LogP) is 2.30. The van der Waals surface area contributed by atoms with Gasteiger partial charge in [0.1, 0.15) is 12.6 Å². The molecule has 2 rings (SSSR count). The van der Waals surface area contributed by atoms with Crippen LogP contribution in [-0.2, 0) is 20.9 Å². The number of nitrogens with zero attached hydrogens (tertiary/aromatic N) is 1. The SMILES string of the molecule is C=CC(=O)N1CCCCC1C(=O)OCc1ccccc1. The summed E-state index contributed by atoms with van der Waals surface area (Å²) in [5, 5.41) is 0. The van der Waals surface area contributed by atoms with Crippen LogP contribution in [0.2, 0.25) is 0 Å². The van der Waals surface area contributed by atoms with Crippen LogP contribution in [0.1, 0.15) is 24.8 Å². The number of ether oxygens (including phenoxy) is 1. The Labute approximate surface area is 119 Å². The maximum atomic E-state index is 12.2. The van der Waals surface area contributed by atoms with E-state index in [4.69, 9.17) is 4.74 Å². The van der Waals surface area contributed by atoms with Gasteiger partial charge in [-0.2, -0.15) is 0 Å². The normalized spacial score (nSPS) is 18.4. The Kier molecular flexibility index (Phi) is 4.93. The Hall–Kier alpha value is -2.10. The maximum Gasteiger partial charge on any atom is 0.329 e. The zero-order valence-corrected chi connectivity index (χ0v) is 11.5. The van der Waals surface area contributed by atoms with Gasteiger partial charge in [-0.3, -0.25) is 4.79 Å². The minimum Gasteiger partial charge on any atom is -0.459 e. The highest BCUT2D eigenvalue weighted by atomic mass is 16.5. The molecule has 0 aliphatic carbocycles. The zero-order chi connectivity index (χ0) is 14.4. The van der Waals surface area contributed by atoms with Gasteiger partial charge < -0.3 is 9.64 Å². The van der Waals surface area contributed by atoms with Crippen LogP contribution in [0.3, 0.4) is 0 Å². The molecule has 4 nitrogen and oxygen atoms in total. The lowest BCUT2D eigenvalue weighted by atomic mass is 10.0. The van der Waals surface area contributed by atoms with Crippen molar-refractivity contribution in [3.63, 3.8) is 0 Å². The molecule has 106 valence electrons. The van der Waals surface area contributed by atoms with Gasteiger partial charge in [0.15, 0.2) is 0 Å². The zero-order valence-electron chi connectivity index (χ0n) is 11.5. The number of hydrogen-bond donors (Lipinski definition) is 0. The van der Waals surface area contributed by atoms with Crippen LogP contribution in [0.4, 0.5) is 0 Å². The van der Waals surface area contributed by atoms with E-state index in [2.05, 4.69) is 6.58 Å². The van der Waals surface area contributed by atoms with Crippen LogP contribution in [0, 0.1) is 0 Å². The quantitative estimate of drug-likeness (QED) is 0.624. The number of amides is 1. The Bertz CT molecular complexity index is 484. The molecule has 4 heteroatoms. The average molecular weight is 273 g/mol. The highest BCUT2D eigenvalue weighted by Gasteiger charge is 2.32. The molecule has 1 unspecified atom stereocenters. The van der Waals surface area contributed by atoms with Crippen molar-refractivity contribution in [3.05, 3.63) is 48.6 Å². The number of carbonyl (C=O) groups is 2. The monoisotopic (exact) mass is 273 g/mol. The van der Waals surface area contributed by atoms with E-state index in [-0.39, 0.29) is 18.5 Å². The molecule has 0 radical (unpaired) electrons. The van der Waals surface area contributed by atoms with E-state index in [0.29, 0.717) is 13.0 Å². The summed E-state index contributed by atoms with van der Waals surface area (Å²) in [4.78, 5) is 25.5. The first kappa shape index (κ1) is 14.3. The number of likely N-dealkylation sites (tertiary alicyclic amines) is 1. The second kappa shape index (κ2) is 6.89. The van der Waals surface area contributed by atoms with Crippen molar-refractivity contribution in [1.29, 1.82) is 0 Å². The van der Waals surface area contributed by atoms with Crippen molar-refractivity contribution in [2.24, 2.45) is 0 Å². The predicted molar refractivity (Wildman–Crippen MR) is 75.8 cm³/mol. The number of rotatable bonds is 4. The molecule has 0 N–H and O–H groups in total. The van der Waals surface area contributed by atoms with Crippen LogP contribution in [0.5, 0.6) is 0 Å². The summed E-state index contributed by atoms with van der Waals surface area (Å²) >= 11 is 0. The van der Waals surface area contributed by atoms with Crippen molar-refractivity contribution in [2.75, 3.05) is 6.54 Å². The average Bonchev–Trinajstić information content (AvgIpc) is 2.52. The Morgan fingerprint density at radius 2 is 2.05 bits per heavy atom. The van der Waals surface area contributed by atoms with Crippen LogP contribution < -0.4 is 0 Å². The molecule has 1 amide bonds. The van der Waals surface area contributed by atoms with E-state index in [1.165, 1.54) is 6.08 Å². The second-order valence-corrected chi connectivity index (χ2v) is 4.84. The van der Waals surface area contributed by atoms with Gasteiger partial charge in [0, 0.05) is 6.54 Å². The lowest BCUT2D eigenvalue weighted by Crippen LogP contribution is -2.48. The van der Waals surface area contributed by atoms with Crippen molar-refractivity contribution in [3.8, 4) is 0 Å². The van der Waals surface area contributed by atoms with E-state index in [9.17, 15) is 9.59 Å². The molecule has 1 aromatic rings. The largest absolute Gasteiger partial charge is 0.459 e. The molecule has 1 heterocycles. The third-order valence-corrected chi connectivity index (χ3v) is 3.46. The Morgan fingerprint density at radius 1 is 1.30 bits per heavy atom. The van der Waals surface area contributed by atoms with Gasteiger partial charge in [-0.25, -0.2) is 4.79 Å². The van der Waals surface area contributed by atoms with Gasteiger partial charge in [0.05, 0.1) is 0 Å². The van der Waals surface area contributed by atoms with Crippen molar-refractivity contribution < 1.29 is 14.3 Å². The van der Waals surface area contributed by atoms with E-state index >= 15 is 0 Å². The summed E-state index contributed by atoms with van der Waals surface area (Å²) in [6.07, 6.45) is 3.77. The molecule has 0 aromatic heterocycles. The van der Waals surface area contributed by atoms with Gasteiger partial charge in [-0.1, -0.05) is 36.9 Å². The number of esters is 1. The first-order valence-electron chi connectivity index (χ1n) is 6.86. The fourth-order valence-corrected chi connectivity index (χ4v) is 2.38. The van der Waals surface area contributed by atoms with Gasteiger partial charge in [0.25, 0.3) is 0 Å². The summed E-state index contributed by atoms with van der Waals surface area (Å²) < 4.78 is 5.33. The van der Waals surface area contributed by atoms with Crippen molar-refractivity contribution in [2.45, 2.75) is 31.9 Å². The van der Waals surface area contributed by atoms with Crippen LogP contribution >= 0.6 is 0 Å². The smallest absolute Gasteiger partial charge is 0.329 e. The number of piperidine rings is 1. The van der Waals surface area contributed by atoms with Crippen molar-refractivity contribution >= 4 is 11.9 Å². The topological polar surface area (TPSA) is 46.6 Å². The van der Waals surface area contributed by atoms with Gasteiger partial charge in [0.2, 0.25) is 5.91 Å². The fourth-order valence-electron chi connectivity index (χ4n) is 2.38. The second-order valence-electron chi connectivity index (χ2n) is 4.84. The third-order valence-electron chi connectivity index (χ3n) is 3.46. The van der Waals surface area contributed by atoms with E-state index in [0.717, 1.165) is 18.4 Å². The Morgan fingerprint density at radius 3 is 2.75 bits per heavy atom. The van der Waals surface area contributed by atoms with Crippen LogP contribution in [0.15, 0.2) is 43.0 Å². The highest BCUT2D eigenvalue weighted by Crippen LogP contribution is 2.19. The molecule has 0 bridgehead atoms. The highest BCUT2D eigenvalue weighted by molar-refractivity contribution is 5.91. The van der Waals surface area contributed by atoms with Gasteiger partial charge in [-0.15, -0.1) is 0 Å². The summed E-state index contributed by atoms with van der Waals surface area (Å²) in [6.45, 7) is 4.32. The van der Waals surface area contributed by atoms with Crippen molar-refractivity contribution in [1.82, 2.24) is 4.90 Å². The molecule has 1 atom stereocenters. The number of benzene rings is 1. The minimum absolute atomic E-state index is 0.202. The molecule has 1 saturated heterocycles. The van der Waals surface area contributed by atoms with Gasteiger partial charge >= 0.3 is 5.97 Å². The van der Waals surface area contributed by atoms with Gasteiger partial charge in [-0.05, 0) is 30.9 Å². The molecule has 1 aliphatic rings. The third kappa shape index (κ3) is 3.47. The lowest BCUT2D eigenvalue weighted by Gasteiger charge is -2.33. The summed E-state index contributed by atoms with van der Waals surface area (Å²) in [6, 6.07) is 9.05. The fraction of sp³-hybridized carbons (Fsp3) is 0.375. The van der Waals surface area contributed by atoms with E-state index < -0.39 is 6.04 Å². The van der Waals surface area contributed by atoms with Crippen LogP contribution in [0.25, 0.3) is 0 Å². The molecule has 0 spiro atoms. The summed E-state index contributed by atoms with van der Waals surface area (Å²) in [5.74, 6) is -0.532. The first-order valence-corrected chi connectivity index (χ1v) is 6.86. The molecular weight excluding hydrogens is 254 g/mol. The van der Waals surface area contributed by atoms with E-state index in [1.54, 1.807) is 4.90 Å². The summed E-state index contributed by atoms with van der Waals surface area (Å²) in [5.41, 5.74) is 0.943. The van der Waals surface area contributed by atoms with Crippen LogP contribution in [-0.4, -0.2) is 29.4 Å². The number of hydrogen-bond acceptors (Lipinski definition) is 3. The summed E-state index contributed by atoms with van der Waals surface area (Å²) in [7, 11) is 0. The Balaban J connectivity index is 1.96. The molecule has 1 aromatic carbocycles.